The maximum absolute atomic E-state index is 11.8. The molecule has 8 heteroatoms. The van der Waals surface area contributed by atoms with Crippen molar-refractivity contribution in [3.8, 4) is 0 Å². The van der Waals surface area contributed by atoms with Gasteiger partial charge in [-0.2, -0.15) is 5.10 Å². The number of aromatic amines is 1. The standard InChI is InChI=1S/C24H22N2O2S.C8H6N2O/c1-29(27,28)24-25-14-13-19(26-24)15-18-7-4-6-17-10-11-21-20-8-3-2-5-16(20)9-12-22(21)23(17)18;11-8-7-4-2-1-3-6(7)5-9-10-8/h3-4,6-8,10-11,13-14H,2,5,9,12,15H2,1H3;1-5H,(H,10,11). The van der Waals surface area contributed by atoms with Crippen molar-refractivity contribution in [2.45, 2.75) is 37.3 Å². The van der Waals surface area contributed by atoms with Gasteiger partial charge in [-0.3, -0.25) is 4.79 Å². The fourth-order valence-electron chi connectivity index (χ4n) is 5.61. The molecule has 2 aliphatic rings. The lowest BCUT2D eigenvalue weighted by atomic mass is 9.78. The molecular weight excluding hydrogens is 520 g/mol. The van der Waals surface area contributed by atoms with Crippen LogP contribution < -0.4 is 5.56 Å². The van der Waals surface area contributed by atoms with Crippen LogP contribution in [-0.4, -0.2) is 34.8 Å². The topological polar surface area (TPSA) is 106 Å². The molecule has 1 N–H and O–H groups in total. The van der Waals surface area contributed by atoms with E-state index in [2.05, 4.69) is 62.6 Å². The van der Waals surface area contributed by atoms with E-state index in [4.69, 9.17) is 0 Å². The number of hydrogen-bond acceptors (Lipinski definition) is 6. The molecule has 7 nitrogen and oxygen atoms in total. The zero-order valence-electron chi connectivity index (χ0n) is 22.1. The second-order valence-corrected chi connectivity index (χ2v) is 12.0. The summed E-state index contributed by atoms with van der Waals surface area (Å²) in [5.74, 6) is 0. The molecule has 0 unspecified atom stereocenters. The van der Waals surface area contributed by atoms with Crippen molar-refractivity contribution in [1.29, 1.82) is 0 Å². The number of rotatable bonds is 3. The van der Waals surface area contributed by atoms with Crippen LogP contribution in [0.3, 0.4) is 0 Å². The van der Waals surface area contributed by atoms with Gasteiger partial charge >= 0.3 is 0 Å². The highest BCUT2D eigenvalue weighted by atomic mass is 32.2. The van der Waals surface area contributed by atoms with E-state index in [-0.39, 0.29) is 10.7 Å². The minimum atomic E-state index is -3.42. The Morgan fingerprint density at radius 2 is 1.77 bits per heavy atom. The fourth-order valence-corrected chi connectivity index (χ4v) is 6.14. The van der Waals surface area contributed by atoms with E-state index in [0.717, 1.165) is 36.6 Å². The number of benzene rings is 3. The Hall–Kier alpha value is -4.43. The lowest BCUT2D eigenvalue weighted by Crippen LogP contribution is -2.09. The number of allylic oxidation sites excluding steroid dienone is 4. The van der Waals surface area contributed by atoms with E-state index in [1.807, 2.05) is 18.2 Å². The third-order valence-corrected chi connectivity index (χ3v) is 8.31. The van der Waals surface area contributed by atoms with Crippen LogP contribution in [-0.2, 0) is 22.7 Å². The van der Waals surface area contributed by atoms with E-state index in [1.165, 1.54) is 45.7 Å². The molecule has 0 atom stereocenters. The minimum absolute atomic E-state index is 0.112. The van der Waals surface area contributed by atoms with E-state index in [9.17, 15) is 13.2 Å². The van der Waals surface area contributed by atoms with E-state index in [0.29, 0.717) is 11.8 Å². The highest BCUT2D eigenvalue weighted by Gasteiger charge is 2.22. The van der Waals surface area contributed by atoms with Crippen molar-refractivity contribution in [2.24, 2.45) is 0 Å². The minimum Gasteiger partial charge on any atom is -0.267 e. The second-order valence-electron chi connectivity index (χ2n) is 10.1. The summed E-state index contributed by atoms with van der Waals surface area (Å²) in [5.41, 5.74) is 7.49. The Balaban J connectivity index is 0.000000219. The number of fused-ring (bicyclic) bond motifs is 5. The number of sulfone groups is 1. The molecule has 0 bridgehead atoms. The van der Waals surface area contributed by atoms with Crippen LogP contribution in [0, 0.1) is 0 Å². The third-order valence-electron chi connectivity index (χ3n) is 7.45. The quantitative estimate of drug-likeness (QED) is 0.294. The van der Waals surface area contributed by atoms with Gasteiger partial charge in [-0.05, 0) is 70.9 Å². The molecule has 200 valence electrons. The Morgan fingerprint density at radius 3 is 2.62 bits per heavy atom. The predicted octanol–water partition coefficient (Wildman–Crippen LogP) is 5.60. The number of nitrogens with one attached hydrogen (secondary N) is 1. The molecule has 2 aromatic heterocycles. The monoisotopic (exact) mass is 548 g/mol. The maximum Gasteiger partial charge on any atom is 0.272 e. The SMILES string of the molecule is CS(=O)(=O)c1nccc(Cc2cccc3ccc4c(c23)CCC2=C4C=CCC2)n1.O=c1[nH]ncc2ccccc12. The number of aryl methyl sites for hydroxylation is 1. The molecule has 0 aliphatic heterocycles. The van der Waals surface area contributed by atoms with Gasteiger partial charge in [0, 0.05) is 35.3 Å². The summed E-state index contributed by atoms with van der Waals surface area (Å²) in [6, 6.07) is 20.0. The van der Waals surface area contributed by atoms with Gasteiger partial charge < -0.3 is 0 Å². The molecule has 3 aromatic carbocycles. The second kappa shape index (κ2) is 10.6. The summed E-state index contributed by atoms with van der Waals surface area (Å²) < 4.78 is 23.7. The highest BCUT2D eigenvalue weighted by molar-refractivity contribution is 7.90. The largest absolute Gasteiger partial charge is 0.272 e. The van der Waals surface area contributed by atoms with E-state index < -0.39 is 9.84 Å². The van der Waals surface area contributed by atoms with E-state index >= 15 is 0 Å². The van der Waals surface area contributed by atoms with Crippen molar-refractivity contribution in [3.05, 3.63) is 124 Å². The van der Waals surface area contributed by atoms with E-state index in [1.54, 1.807) is 23.9 Å². The van der Waals surface area contributed by atoms with Crippen LogP contribution in [0.5, 0.6) is 0 Å². The van der Waals surface area contributed by atoms with Crippen LogP contribution in [0.1, 0.15) is 41.6 Å². The van der Waals surface area contributed by atoms with Crippen LogP contribution in [0.4, 0.5) is 0 Å². The first kappa shape index (κ1) is 25.8. The average molecular weight is 549 g/mol. The molecule has 0 fully saturated rings. The van der Waals surface area contributed by atoms with Gasteiger partial charge in [0.25, 0.3) is 5.56 Å². The molecule has 0 saturated carbocycles. The van der Waals surface area contributed by atoms with Gasteiger partial charge in [0.15, 0.2) is 0 Å². The predicted molar refractivity (Wildman–Crippen MR) is 158 cm³/mol. The first-order valence-electron chi connectivity index (χ1n) is 13.3. The summed E-state index contributed by atoms with van der Waals surface area (Å²) in [4.78, 5) is 19.3. The maximum atomic E-state index is 11.8. The molecule has 5 aromatic rings. The molecule has 0 saturated heterocycles. The summed E-state index contributed by atoms with van der Waals surface area (Å²) in [7, 11) is -3.42. The van der Waals surface area contributed by atoms with Crippen LogP contribution in [0.2, 0.25) is 0 Å². The molecule has 0 spiro atoms. The lowest BCUT2D eigenvalue weighted by Gasteiger charge is -2.26. The van der Waals surface area contributed by atoms with Crippen molar-refractivity contribution < 1.29 is 8.42 Å². The van der Waals surface area contributed by atoms with Gasteiger partial charge in [0.2, 0.25) is 15.0 Å². The van der Waals surface area contributed by atoms with Gasteiger partial charge in [0.05, 0.1) is 6.20 Å². The molecule has 7 rings (SSSR count). The molecule has 40 heavy (non-hydrogen) atoms. The number of nitrogens with zero attached hydrogens (tertiary/aromatic N) is 3. The Kier molecular flexibility index (Phi) is 6.86. The molecule has 2 heterocycles. The van der Waals surface area contributed by atoms with Crippen LogP contribution in [0.25, 0.3) is 27.1 Å². The zero-order chi connectivity index (χ0) is 27.7. The third kappa shape index (κ3) is 5.10. The number of H-pyrrole nitrogens is 1. The van der Waals surface area contributed by atoms with Gasteiger partial charge in [-0.25, -0.2) is 23.5 Å². The van der Waals surface area contributed by atoms with Gasteiger partial charge in [-0.1, -0.05) is 66.3 Å². The highest BCUT2D eigenvalue weighted by Crippen LogP contribution is 2.41. The summed E-state index contributed by atoms with van der Waals surface area (Å²) in [6.45, 7) is 0. The molecular formula is C32H28N4O3S. The first-order valence-corrected chi connectivity index (χ1v) is 15.1. The van der Waals surface area contributed by atoms with Crippen molar-refractivity contribution in [1.82, 2.24) is 20.2 Å². The van der Waals surface area contributed by atoms with Crippen LogP contribution in [0.15, 0.2) is 101 Å². The fraction of sp³-hybridized carbons (Fsp3) is 0.188. The number of hydrogen-bond donors (Lipinski definition) is 1. The summed E-state index contributed by atoms with van der Waals surface area (Å²) in [6.07, 6.45) is 13.9. The molecule has 2 aliphatic carbocycles. The number of aromatic nitrogens is 4. The summed E-state index contributed by atoms with van der Waals surface area (Å²) in [5, 5.41) is 10.00. The Labute approximate surface area is 232 Å². The first-order chi connectivity index (χ1) is 19.4. The molecule has 0 amide bonds. The lowest BCUT2D eigenvalue weighted by molar-refractivity contribution is 0.592. The van der Waals surface area contributed by atoms with Crippen molar-refractivity contribution in [3.63, 3.8) is 0 Å². The average Bonchev–Trinajstić information content (AvgIpc) is 2.97. The molecule has 0 radical (unpaired) electrons. The smallest absolute Gasteiger partial charge is 0.267 e. The van der Waals surface area contributed by atoms with Gasteiger partial charge in [-0.15, -0.1) is 0 Å². The van der Waals surface area contributed by atoms with Crippen LogP contribution >= 0.6 is 0 Å². The zero-order valence-corrected chi connectivity index (χ0v) is 22.9. The van der Waals surface area contributed by atoms with Crippen molar-refractivity contribution in [2.75, 3.05) is 6.26 Å². The van der Waals surface area contributed by atoms with Gasteiger partial charge in [0.1, 0.15) is 0 Å². The summed E-state index contributed by atoms with van der Waals surface area (Å²) >= 11 is 0. The Morgan fingerprint density at radius 1 is 0.925 bits per heavy atom. The van der Waals surface area contributed by atoms with Crippen molar-refractivity contribution >= 4 is 37.0 Å². The normalized spacial score (nSPS) is 14.4. The Bertz CT molecular complexity index is 1990.